The van der Waals surface area contributed by atoms with Crippen LogP contribution in [0, 0.1) is 5.92 Å². The molecular weight excluding hydrogens is 318 g/mol. The SMILES string of the molecule is O=C(c1cccnc1)N1CCOC2(CCN(CC3CCOC3)CC2)C1. The topological polar surface area (TPSA) is 54.9 Å². The van der Waals surface area contributed by atoms with E-state index in [9.17, 15) is 4.79 Å². The Balaban J connectivity index is 1.34. The summed E-state index contributed by atoms with van der Waals surface area (Å²) in [7, 11) is 0. The molecule has 0 radical (unpaired) electrons. The fourth-order valence-corrected chi connectivity index (χ4v) is 4.23. The van der Waals surface area contributed by atoms with E-state index in [-0.39, 0.29) is 11.5 Å². The van der Waals surface area contributed by atoms with Gasteiger partial charge in [0.05, 0.1) is 30.9 Å². The van der Waals surface area contributed by atoms with Crippen molar-refractivity contribution in [2.24, 2.45) is 5.92 Å². The average molecular weight is 345 g/mol. The number of carbonyl (C=O) groups excluding carboxylic acids is 1. The number of morpholine rings is 1. The Bertz CT molecular complexity index is 581. The largest absolute Gasteiger partial charge is 0.381 e. The van der Waals surface area contributed by atoms with Gasteiger partial charge in [-0.3, -0.25) is 9.78 Å². The molecule has 0 bridgehead atoms. The van der Waals surface area contributed by atoms with Crippen LogP contribution in [0.2, 0.25) is 0 Å². The zero-order valence-corrected chi connectivity index (χ0v) is 14.7. The number of carbonyl (C=O) groups is 1. The van der Waals surface area contributed by atoms with Gasteiger partial charge in [0.25, 0.3) is 5.91 Å². The van der Waals surface area contributed by atoms with Crippen molar-refractivity contribution in [3.8, 4) is 0 Å². The molecule has 4 rings (SSSR count). The van der Waals surface area contributed by atoms with E-state index < -0.39 is 0 Å². The Morgan fingerprint density at radius 3 is 2.88 bits per heavy atom. The summed E-state index contributed by atoms with van der Waals surface area (Å²) < 4.78 is 11.7. The highest BCUT2D eigenvalue weighted by Gasteiger charge is 2.41. The first-order valence-electron chi connectivity index (χ1n) is 9.37. The molecule has 0 saturated carbocycles. The first-order valence-corrected chi connectivity index (χ1v) is 9.37. The van der Waals surface area contributed by atoms with Crippen molar-refractivity contribution in [3.05, 3.63) is 30.1 Å². The van der Waals surface area contributed by atoms with Crippen molar-refractivity contribution in [1.29, 1.82) is 0 Å². The maximum atomic E-state index is 12.7. The molecule has 3 saturated heterocycles. The van der Waals surface area contributed by atoms with Gasteiger partial charge in [-0.1, -0.05) is 0 Å². The number of amides is 1. The lowest BCUT2D eigenvalue weighted by Crippen LogP contribution is -2.58. The highest BCUT2D eigenvalue weighted by Crippen LogP contribution is 2.31. The van der Waals surface area contributed by atoms with E-state index in [1.807, 2.05) is 17.0 Å². The Morgan fingerprint density at radius 2 is 2.16 bits per heavy atom. The Hall–Kier alpha value is -1.50. The molecule has 6 heteroatoms. The van der Waals surface area contributed by atoms with Gasteiger partial charge < -0.3 is 19.3 Å². The number of nitrogens with zero attached hydrogens (tertiary/aromatic N) is 3. The summed E-state index contributed by atoms with van der Waals surface area (Å²) in [5.41, 5.74) is 0.497. The molecule has 3 aliphatic rings. The Kier molecular flexibility index (Phi) is 5.01. The van der Waals surface area contributed by atoms with Crippen LogP contribution in [0.4, 0.5) is 0 Å². The molecule has 6 nitrogen and oxygen atoms in total. The zero-order valence-electron chi connectivity index (χ0n) is 14.7. The highest BCUT2D eigenvalue weighted by atomic mass is 16.5. The number of ether oxygens (including phenoxy) is 2. The fraction of sp³-hybridized carbons (Fsp3) is 0.684. The van der Waals surface area contributed by atoms with E-state index in [4.69, 9.17) is 9.47 Å². The summed E-state index contributed by atoms with van der Waals surface area (Å²) in [6.45, 7) is 7.04. The third-order valence-electron chi connectivity index (χ3n) is 5.75. The van der Waals surface area contributed by atoms with Gasteiger partial charge in [0.15, 0.2) is 0 Å². The van der Waals surface area contributed by atoms with Crippen LogP contribution in [-0.2, 0) is 9.47 Å². The first-order chi connectivity index (χ1) is 12.2. The number of rotatable bonds is 3. The summed E-state index contributed by atoms with van der Waals surface area (Å²) in [6, 6.07) is 3.65. The zero-order chi connectivity index (χ0) is 17.1. The fourth-order valence-electron chi connectivity index (χ4n) is 4.23. The minimum absolute atomic E-state index is 0.0707. The van der Waals surface area contributed by atoms with Crippen molar-refractivity contribution in [2.75, 3.05) is 52.5 Å². The predicted octanol–water partition coefficient (Wildman–Crippen LogP) is 1.43. The van der Waals surface area contributed by atoms with Crippen LogP contribution in [0.25, 0.3) is 0 Å². The van der Waals surface area contributed by atoms with E-state index >= 15 is 0 Å². The monoisotopic (exact) mass is 345 g/mol. The second kappa shape index (κ2) is 7.40. The number of piperidine rings is 1. The standard InChI is InChI=1S/C19H27N3O3/c23-18(17-2-1-6-20-12-17)22-9-11-25-19(15-22)4-7-21(8-5-19)13-16-3-10-24-14-16/h1-2,6,12,16H,3-5,7-11,13-15H2. The predicted molar refractivity (Wildman–Crippen MR) is 93.4 cm³/mol. The van der Waals surface area contributed by atoms with Crippen LogP contribution < -0.4 is 0 Å². The number of likely N-dealkylation sites (tertiary alicyclic amines) is 1. The lowest BCUT2D eigenvalue weighted by molar-refractivity contribution is -0.128. The number of hydrogen-bond acceptors (Lipinski definition) is 5. The quantitative estimate of drug-likeness (QED) is 0.829. The van der Waals surface area contributed by atoms with Crippen LogP contribution in [0.15, 0.2) is 24.5 Å². The molecule has 1 spiro atoms. The summed E-state index contributed by atoms with van der Waals surface area (Å²) in [4.78, 5) is 21.3. The van der Waals surface area contributed by atoms with Crippen LogP contribution in [0.1, 0.15) is 29.6 Å². The smallest absolute Gasteiger partial charge is 0.255 e. The molecule has 1 unspecified atom stereocenters. The van der Waals surface area contributed by atoms with E-state index in [2.05, 4.69) is 9.88 Å². The molecule has 1 aromatic rings. The van der Waals surface area contributed by atoms with E-state index in [1.54, 1.807) is 12.4 Å². The van der Waals surface area contributed by atoms with Crippen molar-refractivity contribution in [3.63, 3.8) is 0 Å². The minimum Gasteiger partial charge on any atom is -0.381 e. The molecule has 0 aliphatic carbocycles. The molecule has 1 aromatic heterocycles. The maximum absolute atomic E-state index is 12.7. The molecule has 1 atom stereocenters. The third-order valence-corrected chi connectivity index (χ3v) is 5.75. The lowest BCUT2D eigenvalue weighted by atomic mass is 9.88. The first kappa shape index (κ1) is 16.9. The van der Waals surface area contributed by atoms with E-state index in [0.717, 1.165) is 45.7 Å². The van der Waals surface area contributed by atoms with Crippen molar-refractivity contribution >= 4 is 5.91 Å². The van der Waals surface area contributed by atoms with Gasteiger partial charge in [-0.05, 0) is 37.3 Å². The van der Waals surface area contributed by atoms with Crippen molar-refractivity contribution < 1.29 is 14.3 Å². The van der Waals surface area contributed by atoms with Gasteiger partial charge in [0, 0.05) is 45.2 Å². The highest BCUT2D eigenvalue weighted by molar-refractivity contribution is 5.94. The second-order valence-electron chi connectivity index (χ2n) is 7.53. The molecule has 4 heterocycles. The van der Waals surface area contributed by atoms with Crippen molar-refractivity contribution in [2.45, 2.75) is 24.9 Å². The average Bonchev–Trinajstić information content (AvgIpc) is 3.17. The molecule has 3 aliphatic heterocycles. The van der Waals surface area contributed by atoms with Gasteiger partial charge >= 0.3 is 0 Å². The normalized spacial score (nSPS) is 26.9. The Morgan fingerprint density at radius 1 is 1.28 bits per heavy atom. The molecule has 0 N–H and O–H groups in total. The van der Waals surface area contributed by atoms with Crippen LogP contribution in [-0.4, -0.2) is 78.8 Å². The molecular formula is C19H27N3O3. The lowest BCUT2D eigenvalue weighted by Gasteiger charge is -2.47. The van der Waals surface area contributed by atoms with Gasteiger partial charge in [0.2, 0.25) is 0 Å². The number of aromatic nitrogens is 1. The maximum Gasteiger partial charge on any atom is 0.255 e. The van der Waals surface area contributed by atoms with Gasteiger partial charge in [0.1, 0.15) is 0 Å². The summed E-state index contributed by atoms with van der Waals surface area (Å²) >= 11 is 0. The summed E-state index contributed by atoms with van der Waals surface area (Å²) in [5.74, 6) is 0.756. The third kappa shape index (κ3) is 3.86. The summed E-state index contributed by atoms with van der Waals surface area (Å²) in [5, 5.41) is 0. The van der Waals surface area contributed by atoms with Gasteiger partial charge in [-0.25, -0.2) is 0 Å². The van der Waals surface area contributed by atoms with E-state index in [1.165, 1.54) is 6.42 Å². The van der Waals surface area contributed by atoms with Crippen LogP contribution in [0.5, 0.6) is 0 Å². The minimum atomic E-state index is -0.168. The Labute approximate surface area is 149 Å². The summed E-state index contributed by atoms with van der Waals surface area (Å²) in [6.07, 6.45) is 6.53. The van der Waals surface area contributed by atoms with Crippen molar-refractivity contribution in [1.82, 2.24) is 14.8 Å². The van der Waals surface area contributed by atoms with Crippen LogP contribution >= 0.6 is 0 Å². The molecule has 3 fully saturated rings. The number of hydrogen-bond donors (Lipinski definition) is 0. The van der Waals surface area contributed by atoms with E-state index in [0.29, 0.717) is 31.2 Å². The molecule has 136 valence electrons. The van der Waals surface area contributed by atoms with Gasteiger partial charge in [-0.2, -0.15) is 0 Å². The molecule has 1 amide bonds. The molecule has 0 aromatic carbocycles. The molecule has 25 heavy (non-hydrogen) atoms. The number of pyridine rings is 1. The van der Waals surface area contributed by atoms with Crippen LogP contribution in [0.3, 0.4) is 0 Å². The van der Waals surface area contributed by atoms with Gasteiger partial charge in [-0.15, -0.1) is 0 Å². The second-order valence-corrected chi connectivity index (χ2v) is 7.53.